The van der Waals surface area contributed by atoms with Crippen molar-refractivity contribution in [2.75, 3.05) is 26.3 Å². The topological polar surface area (TPSA) is 87.3 Å². The molecule has 2 aromatic heterocycles. The fourth-order valence-corrected chi connectivity index (χ4v) is 5.58. The number of fused-ring (bicyclic) bond motifs is 1. The first-order chi connectivity index (χ1) is 19.3. The minimum absolute atomic E-state index is 0.142. The summed E-state index contributed by atoms with van der Waals surface area (Å²) in [4.78, 5) is 36.0. The molecule has 4 aromatic rings. The Morgan fingerprint density at radius 1 is 1.05 bits per heavy atom. The number of pyridine rings is 2. The zero-order valence-corrected chi connectivity index (χ0v) is 23.9. The summed E-state index contributed by atoms with van der Waals surface area (Å²) in [6, 6.07) is 16.7. The van der Waals surface area contributed by atoms with Crippen LogP contribution in [-0.4, -0.2) is 47.1 Å². The van der Waals surface area contributed by atoms with Gasteiger partial charge in [0.15, 0.2) is 0 Å². The number of aromatic amines is 1. The Kier molecular flexibility index (Phi) is 8.43. The normalized spacial score (nSPS) is 14.0. The van der Waals surface area contributed by atoms with Crippen molar-refractivity contribution in [1.82, 2.24) is 20.2 Å². The van der Waals surface area contributed by atoms with Crippen LogP contribution in [0.2, 0.25) is 0 Å². The molecule has 7 heteroatoms. The van der Waals surface area contributed by atoms with Crippen LogP contribution in [0.1, 0.15) is 57.3 Å². The van der Waals surface area contributed by atoms with Crippen LogP contribution in [0.15, 0.2) is 53.3 Å². The number of H-pyrrole nitrogens is 1. The number of aromatic nitrogens is 2. The highest BCUT2D eigenvalue weighted by atomic mass is 16.5. The van der Waals surface area contributed by atoms with Gasteiger partial charge < -0.3 is 15.0 Å². The number of hydrogen-bond acceptors (Lipinski definition) is 5. The van der Waals surface area contributed by atoms with Crippen LogP contribution in [0, 0.1) is 20.8 Å². The lowest BCUT2D eigenvalue weighted by Crippen LogP contribution is -2.35. The quantitative estimate of drug-likeness (QED) is 0.321. The Morgan fingerprint density at radius 3 is 2.52 bits per heavy atom. The van der Waals surface area contributed by atoms with Gasteiger partial charge in [-0.05, 0) is 73.2 Å². The molecule has 7 nitrogen and oxygen atoms in total. The molecule has 0 atom stereocenters. The van der Waals surface area contributed by atoms with E-state index in [2.05, 4.69) is 52.5 Å². The number of rotatable bonds is 8. The second kappa shape index (κ2) is 12.1. The highest BCUT2D eigenvalue weighted by molar-refractivity contribution is 6.04. The molecule has 0 saturated carbocycles. The largest absolute Gasteiger partial charge is 0.379 e. The van der Waals surface area contributed by atoms with Gasteiger partial charge in [0.25, 0.3) is 11.5 Å². The van der Waals surface area contributed by atoms with Crippen LogP contribution < -0.4 is 10.9 Å². The molecule has 3 heterocycles. The Hall–Kier alpha value is -3.81. The number of morpholine rings is 1. The fraction of sp³-hybridized carbons (Fsp3) is 0.364. The third-order valence-corrected chi connectivity index (χ3v) is 7.69. The van der Waals surface area contributed by atoms with Gasteiger partial charge in [0.05, 0.1) is 18.7 Å². The van der Waals surface area contributed by atoms with E-state index in [1.165, 1.54) is 5.56 Å². The van der Waals surface area contributed by atoms with Gasteiger partial charge >= 0.3 is 0 Å². The first-order valence-corrected chi connectivity index (χ1v) is 14.1. The van der Waals surface area contributed by atoms with Crippen molar-refractivity contribution in [3.8, 4) is 11.1 Å². The molecule has 40 heavy (non-hydrogen) atoms. The summed E-state index contributed by atoms with van der Waals surface area (Å²) < 4.78 is 5.47. The molecule has 0 spiro atoms. The zero-order valence-electron chi connectivity index (χ0n) is 23.9. The van der Waals surface area contributed by atoms with Crippen LogP contribution in [-0.2, 0) is 24.2 Å². The molecule has 5 rings (SSSR count). The molecule has 0 radical (unpaired) electrons. The molecule has 2 N–H and O–H groups in total. The lowest BCUT2D eigenvalue weighted by molar-refractivity contribution is 0.0342. The molecule has 208 valence electrons. The Labute approximate surface area is 235 Å². The molecule has 2 aromatic carbocycles. The first-order valence-electron chi connectivity index (χ1n) is 14.1. The van der Waals surface area contributed by atoms with Gasteiger partial charge in [-0.1, -0.05) is 43.7 Å². The number of aryl methyl sites for hydroxylation is 4. The number of ether oxygens (including phenoxy) is 1. The number of benzene rings is 2. The average Bonchev–Trinajstić information content (AvgIpc) is 2.94. The molecule has 1 fully saturated rings. The summed E-state index contributed by atoms with van der Waals surface area (Å²) in [7, 11) is 0. The van der Waals surface area contributed by atoms with Crippen LogP contribution in [0.5, 0.6) is 0 Å². The second-order valence-electron chi connectivity index (χ2n) is 10.7. The van der Waals surface area contributed by atoms with Crippen LogP contribution in [0.4, 0.5) is 0 Å². The summed E-state index contributed by atoms with van der Waals surface area (Å²) >= 11 is 0. The lowest BCUT2D eigenvalue weighted by Gasteiger charge is -2.26. The maximum absolute atomic E-state index is 13.3. The Balaban J connectivity index is 1.40. The van der Waals surface area contributed by atoms with Gasteiger partial charge in [0.2, 0.25) is 0 Å². The van der Waals surface area contributed by atoms with Gasteiger partial charge in [-0.25, -0.2) is 0 Å². The van der Waals surface area contributed by atoms with E-state index in [9.17, 15) is 9.59 Å². The SMILES string of the molecule is CCCc1cc(C)[nH]c(=O)c1CNC(=O)c1ccc2c(-c3ccc(CN4CCOCC4)cc3)cc(C)nc2c1C. The predicted octanol–water partition coefficient (Wildman–Crippen LogP) is 5.23. The molecule has 0 aliphatic carbocycles. The number of carbonyl (C=O) groups is 1. The van der Waals surface area contributed by atoms with Gasteiger partial charge in [0, 0.05) is 54.1 Å². The standard InChI is InChI=1S/C33H38N4O3/c1-5-6-26-17-21(2)36-33(39)30(26)19-34-32(38)27-11-12-28-29(18-22(3)35-31(28)23(27)4)25-9-7-24(8-10-25)20-37-13-15-40-16-14-37/h7-12,17-18H,5-6,13-16,19-20H2,1-4H3,(H,34,38)(H,36,39). The van der Waals surface area contributed by atoms with E-state index in [1.54, 1.807) is 0 Å². The highest BCUT2D eigenvalue weighted by Gasteiger charge is 2.17. The summed E-state index contributed by atoms with van der Waals surface area (Å²) in [5.74, 6) is -0.209. The van der Waals surface area contributed by atoms with E-state index < -0.39 is 0 Å². The van der Waals surface area contributed by atoms with Crippen molar-refractivity contribution in [2.45, 2.75) is 53.6 Å². The number of hydrogen-bond donors (Lipinski definition) is 2. The second-order valence-corrected chi connectivity index (χ2v) is 10.7. The summed E-state index contributed by atoms with van der Waals surface area (Å²) in [6.45, 7) is 12.5. The smallest absolute Gasteiger partial charge is 0.253 e. The minimum atomic E-state index is -0.209. The number of carbonyl (C=O) groups excluding carboxylic acids is 1. The van der Waals surface area contributed by atoms with Crippen molar-refractivity contribution >= 4 is 16.8 Å². The summed E-state index contributed by atoms with van der Waals surface area (Å²) in [6.07, 6.45) is 1.72. The molecular weight excluding hydrogens is 500 g/mol. The van der Waals surface area contributed by atoms with Gasteiger partial charge in [-0.2, -0.15) is 0 Å². The van der Waals surface area contributed by atoms with E-state index in [1.807, 2.05) is 39.0 Å². The van der Waals surface area contributed by atoms with Crippen LogP contribution >= 0.6 is 0 Å². The highest BCUT2D eigenvalue weighted by Crippen LogP contribution is 2.32. The van der Waals surface area contributed by atoms with E-state index >= 15 is 0 Å². The number of nitrogens with one attached hydrogen (secondary N) is 2. The van der Waals surface area contributed by atoms with Crippen molar-refractivity contribution in [1.29, 1.82) is 0 Å². The molecular formula is C33H38N4O3. The van der Waals surface area contributed by atoms with E-state index in [0.29, 0.717) is 11.1 Å². The van der Waals surface area contributed by atoms with Crippen LogP contribution in [0.3, 0.4) is 0 Å². The van der Waals surface area contributed by atoms with Gasteiger partial charge in [-0.3, -0.25) is 19.5 Å². The first kappa shape index (κ1) is 27.7. The number of nitrogens with zero attached hydrogens (tertiary/aromatic N) is 2. The summed E-state index contributed by atoms with van der Waals surface area (Å²) in [5.41, 5.74) is 8.92. The van der Waals surface area contributed by atoms with Crippen LogP contribution in [0.25, 0.3) is 22.0 Å². The van der Waals surface area contributed by atoms with E-state index in [4.69, 9.17) is 9.72 Å². The maximum atomic E-state index is 13.3. The van der Waals surface area contributed by atoms with Gasteiger partial charge in [0.1, 0.15) is 0 Å². The molecule has 1 amide bonds. The molecule has 0 unspecified atom stereocenters. The Bertz CT molecular complexity index is 1580. The molecule has 1 aliphatic rings. The van der Waals surface area contributed by atoms with Crippen molar-refractivity contribution in [2.24, 2.45) is 0 Å². The number of amides is 1. The van der Waals surface area contributed by atoms with Gasteiger partial charge in [-0.15, -0.1) is 0 Å². The molecule has 1 saturated heterocycles. The van der Waals surface area contributed by atoms with Crippen molar-refractivity contribution in [3.63, 3.8) is 0 Å². The zero-order chi connectivity index (χ0) is 28.2. The maximum Gasteiger partial charge on any atom is 0.253 e. The predicted molar refractivity (Wildman–Crippen MR) is 160 cm³/mol. The third-order valence-electron chi connectivity index (χ3n) is 7.69. The van der Waals surface area contributed by atoms with Crippen molar-refractivity contribution in [3.05, 3.63) is 98.1 Å². The average molecular weight is 539 g/mol. The fourth-order valence-electron chi connectivity index (χ4n) is 5.58. The molecule has 1 aliphatic heterocycles. The van der Waals surface area contributed by atoms with Crippen molar-refractivity contribution < 1.29 is 9.53 Å². The monoisotopic (exact) mass is 538 g/mol. The van der Waals surface area contributed by atoms with E-state index in [0.717, 1.165) is 90.2 Å². The van der Waals surface area contributed by atoms with E-state index in [-0.39, 0.29) is 18.0 Å². The lowest BCUT2D eigenvalue weighted by atomic mass is 9.95. The third kappa shape index (κ3) is 6.01. The Morgan fingerprint density at radius 2 is 1.80 bits per heavy atom. The minimum Gasteiger partial charge on any atom is -0.379 e. The molecule has 0 bridgehead atoms. The summed E-state index contributed by atoms with van der Waals surface area (Å²) in [5, 5.41) is 4.00.